The molecule has 39 heavy (non-hydrogen) atoms. The first kappa shape index (κ1) is 27.3. The van der Waals surface area contributed by atoms with Crippen LogP contribution in [0.25, 0.3) is 10.8 Å². The van der Waals surface area contributed by atoms with E-state index in [9.17, 15) is 18.0 Å². The van der Waals surface area contributed by atoms with Crippen molar-refractivity contribution >= 4 is 38.9 Å². The van der Waals surface area contributed by atoms with E-state index in [1.165, 1.54) is 38.6 Å². The number of esters is 1. The summed E-state index contributed by atoms with van der Waals surface area (Å²) in [6.07, 6.45) is 1.34. The molecule has 0 aliphatic carbocycles. The van der Waals surface area contributed by atoms with Crippen LogP contribution in [0.15, 0.2) is 94.9 Å². The lowest BCUT2D eigenvalue weighted by Crippen LogP contribution is -2.34. The zero-order valence-corrected chi connectivity index (χ0v) is 21.9. The van der Waals surface area contributed by atoms with Gasteiger partial charge in [-0.3, -0.25) is 4.79 Å². The van der Waals surface area contributed by atoms with Gasteiger partial charge in [0.1, 0.15) is 5.75 Å². The maximum Gasteiger partial charge on any atom is 0.343 e. The second kappa shape index (κ2) is 12.2. The second-order valence-electron chi connectivity index (χ2n) is 8.09. The van der Waals surface area contributed by atoms with E-state index in [1.54, 1.807) is 42.5 Å². The fourth-order valence-corrected chi connectivity index (χ4v) is 4.67. The predicted octanol–water partition coefficient (Wildman–Crippen LogP) is 3.50. The summed E-state index contributed by atoms with van der Waals surface area (Å²) in [6, 6.07) is 23.1. The van der Waals surface area contributed by atoms with Crippen LogP contribution in [0.2, 0.25) is 0 Å². The number of nitrogens with one attached hydrogen (secondary N) is 2. The van der Waals surface area contributed by atoms with Crippen molar-refractivity contribution in [2.75, 3.05) is 20.8 Å². The van der Waals surface area contributed by atoms with Crippen LogP contribution in [0.5, 0.6) is 17.2 Å². The van der Waals surface area contributed by atoms with Crippen LogP contribution >= 0.6 is 0 Å². The highest BCUT2D eigenvalue weighted by atomic mass is 32.2. The Labute approximate surface area is 225 Å². The summed E-state index contributed by atoms with van der Waals surface area (Å²) in [5, 5.41) is 5.54. The Morgan fingerprint density at radius 1 is 0.846 bits per heavy atom. The van der Waals surface area contributed by atoms with Gasteiger partial charge in [-0.05, 0) is 47.2 Å². The highest BCUT2D eigenvalue weighted by Gasteiger charge is 2.17. The van der Waals surface area contributed by atoms with E-state index >= 15 is 0 Å². The molecule has 0 spiro atoms. The van der Waals surface area contributed by atoms with E-state index in [0.717, 1.165) is 10.8 Å². The van der Waals surface area contributed by atoms with Gasteiger partial charge in [0.25, 0.3) is 5.91 Å². The smallest absolute Gasteiger partial charge is 0.343 e. The molecule has 0 heterocycles. The Kier molecular flexibility index (Phi) is 8.54. The van der Waals surface area contributed by atoms with Gasteiger partial charge in [-0.2, -0.15) is 5.10 Å². The Balaban J connectivity index is 1.52. The van der Waals surface area contributed by atoms with Crippen molar-refractivity contribution in [1.29, 1.82) is 0 Å². The van der Waals surface area contributed by atoms with Crippen LogP contribution in [0.4, 0.5) is 0 Å². The number of carbonyl (C=O) groups is 2. The van der Waals surface area contributed by atoms with Crippen molar-refractivity contribution in [2.45, 2.75) is 4.90 Å². The topological polar surface area (TPSA) is 132 Å². The van der Waals surface area contributed by atoms with Gasteiger partial charge in [-0.25, -0.2) is 23.4 Å². The van der Waals surface area contributed by atoms with Gasteiger partial charge in [0.05, 0.1) is 37.4 Å². The fourth-order valence-electron chi connectivity index (χ4n) is 3.67. The Morgan fingerprint density at radius 3 is 2.28 bits per heavy atom. The molecule has 0 aliphatic heterocycles. The SMILES string of the molecule is COc1ccc(C(=O)Oc2ccc3ccccc3c2C=NNC(=O)CNS(=O)(=O)c2ccccc2)cc1OC. The van der Waals surface area contributed by atoms with Crippen molar-refractivity contribution in [1.82, 2.24) is 10.1 Å². The molecule has 0 atom stereocenters. The number of nitrogens with zero attached hydrogens (tertiary/aromatic N) is 1. The Morgan fingerprint density at radius 2 is 1.54 bits per heavy atom. The second-order valence-corrected chi connectivity index (χ2v) is 9.86. The number of ether oxygens (including phenoxy) is 3. The monoisotopic (exact) mass is 547 g/mol. The number of rotatable bonds is 10. The number of fused-ring (bicyclic) bond motifs is 1. The maximum atomic E-state index is 13.0. The van der Waals surface area contributed by atoms with Crippen LogP contribution in [0.1, 0.15) is 15.9 Å². The first-order chi connectivity index (χ1) is 18.8. The van der Waals surface area contributed by atoms with Gasteiger partial charge in [-0.15, -0.1) is 0 Å². The summed E-state index contributed by atoms with van der Waals surface area (Å²) in [4.78, 5) is 25.3. The molecule has 0 bridgehead atoms. The molecule has 1 amide bonds. The molecule has 0 fully saturated rings. The lowest BCUT2D eigenvalue weighted by atomic mass is 10.0. The van der Waals surface area contributed by atoms with Crippen LogP contribution in [0.3, 0.4) is 0 Å². The molecule has 10 nitrogen and oxygen atoms in total. The number of sulfonamides is 1. The van der Waals surface area contributed by atoms with Gasteiger partial charge in [0.2, 0.25) is 10.0 Å². The summed E-state index contributed by atoms with van der Waals surface area (Å²) in [5.41, 5.74) is 2.97. The van der Waals surface area contributed by atoms with Crippen LogP contribution in [-0.4, -0.2) is 47.3 Å². The van der Waals surface area contributed by atoms with Gasteiger partial charge in [0, 0.05) is 5.56 Å². The summed E-state index contributed by atoms with van der Waals surface area (Å²) in [7, 11) is -0.897. The summed E-state index contributed by atoms with van der Waals surface area (Å²) in [6.45, 7) is -0.523. The first-order valence-electron chi connectivity index (χ1n) is 11.6. The highest BCUT2D eigenvalue weighted by molar-refractivity contribution is 7.89. The molecular formula is C28H25N3O7S. The molecule has 4 rings (SSSR count). The fraction of sp³-hybridized carbons (Fsp3) is 0.107. The number of methoxy groups -OCH3 is 2. The van der Waals surface area contributed by atoms with Gasteiger partial charge in [-0.1, -0.05) is 48.5 Å². The van der Waals surface area contributed by atoms with E-state index in [0.29, 0.717) is 17.1 Å². The van der Waals surface area contributed by atoms with Gasteiger partial charge >= 0.3 is 5.97 Å². The molecule has 0 saturated heterocycles. The molecule has 4 aromatic rings. The summed E-state index contributed by atoms with van der Waals surface area (Å²) in [5.74, 6) is -0.279. The summed E-state index contributed by atoms with van der Waals surface area (Å²) >= 11 is 0. The number of benzene rings is 4. The third kappa shape index (κ3) is 6.58. The minimum Gasteiger partial charge on any atom is -0.493 e. The number of carbonyl (C=O) groups excluding carboxylic acids is 2. The predicted molar refractivity (Wildman–Crippen MR) is 146 cm³/mol. The van der Waals surface area contributed by atoms with E-state index in [2.05, 4.69) is 15.2 Å². The third-order valence-electron chi connectivity index (χ3n) is 5.61. The molecule has 0 saturated carbocycles. The molecule has 0 aromatic heterocycles. The van der Waals surface area contributed by atoms with Crippen LogP contribution < -0.4 is 24.4 Å². The van der Waals surface area contributed by atoms with Crippen molar-refractivity contribution in [3.05, 3.63) is 96.1 Å². The minimum absolute atomic E-state index is 0.0398. The third-order valence-corrected chi connectivity index (χ3v) is 7.03. The molecule has 0 unspecified atom stereocenters. The van der Waals surface area contributed by atoms with Gasteiger partial charge < -0.3 is 14.2 Å². The molecule has 200 valence electrons. The number of amides is 1. The quantitative estimate of drug-likeness (QED) is 0.134. The Hall–Kier alpha value is -4.74. The maximum absolute atomic E-state index is 13.0. The molecule has 0 radical (unpaired) electrons. The highest BCUT2D eigenvalue weighted by Crippen LogP contribution is 2.30. The lowest BCUT2D eigenvalue weighted by molar-refractivity contribution is -0.119. The average molecular weight is 548 g/mol. The van der Waals surface area contributed by atoms with E-state index in [4.69, 9.17) is 14.2 Å². The van der Waals surface area contributed by atoms with E-state index in [-0.39, 0.29) is 16.2 Å². The molecule has 0 aliphatic rings. The normalized spacial score (nSPS) is 11.3. The van der Waals surface area contributed by atoms with Crippen molar-refractivity contribution < 1.29 is 32.2 Å². The molecule has 4 aromatic carbocycles. The average Bonchev–Trinajstić information content (AvgIpc) is 2.97. The van der Waals surface area contributed by atoms with Crippen LogP contribution in [-0.2, 0) is 14.8 Å². The summed E-state index contributed by atoms with van der Waals surface area (Å²) < 4.78 is 43.0. The molecular weight excluding hydrogens is 522 g/mol. The first-order valence-corrected chi connectivity index (χ1v) is 13.1. The lowest BCUT2D eigenvalue weighted by Gasteiger charge is -2.12. The number of hydrazone groups is 1. The standard InChI is InChI=1S/C28H25N3O7S/c1-36-25-15-13-20(16-26(25)37-2)28(33)38-24-14-12-19-8-6-7-11-22(19)23(24)17-29-31-27(32)18-30-39(34,35)21-9-4-3-5-10-21/h3-17,30H,18H2,1-2H3,(H,31,32). The minimum atomic E-state index is -3.85. The molecule has 11 heteroatoms. The number of hydrogen-bond acceptors (Lipinski definition) is 8. The van der Waals surface area contributed by atoms with Crippen LogP contribution in [0, 0.1) is 0 Å². The van der Waals surface area contributed by atoms with Crippen molar-refractivity contribution in [3.63, 3.8) is 0 Å². The largest absolute Gasteiger partial charge is 0.493 e. The zero-order chi connectivity index (χ0) is 27.8. The van der Waals surface area contributed by atoms with Crippen molar-refractivity contribution in [3.8, 4) is 17.2 Å². The Bertz CT molecular complexity index is 1640. The number of hydrogen-bond donors (Lipinski definition) is 2. The van der Waals surface area contributed by atoms with E-state index < -0.39 is 28.4 Å². The van der Waals surface area contributed by atoms with Gasteiger partial charge in [0.15, 0.2) is 11.5 Å². The van der Waals surface area contributed by atoms with E-state index in [1.807, 2.05) is 24.3 Å². The zero-order valence-electron chi connectivity index (χ0n) is 21.1. The molecule has 2 N–H and O–H groups in total. The van der Waals surface area contributed by atoms with Crippen molar-refractivity contribution in [2.24, 2.45) is 5.10 Å².